The molecule has 23 heavy (non-hydrogen) atoms. The van der Waals surface area contributed by atoms with E-state index < -0.39 is 4.87 Å². The zero-order valence-electron chi connectivity index (χ0n) is 14.3. The first-order valence-electron chi connectivity index (χ1n) is 9.41. The molecule has 132 valence electrons. The van der Waals surface area contributed by atoms with Gasteiger partial charge < -0.3 is 10.2 Å². The van der Waals surface area contributed by atoms with E-state index in [2.05, 4.69) is 13.8 Å². The maximum atomic E-state index is 10.5. The molecule has 0 bridgehead atoms. The van der Waals surface area contributed by atoms with Gasteiger partial charge in [-0.15, -0.1) is 23.2 Å². The maximum Gasteiger partial charge on any atom is 0.0690 e. The van der Waals surface area contributed by atoms with Crippen LogP contribution in [-0.2, 0) is 0 Å². The highest BCUT2D eigenvalue weighted by atomic mass is 35.5. The number of hydrogen-bond acceptors (Lipinski definition) is 2. The predicted molar refractivity (Wildman–Crippen MR) is 93.9 cm³/mol. The molecule has 0 heterocycles. The first-order valence-corrected chi connectivity index (χ1v) is 10.2. The van der Waals surface area contributed by atoms with E-state index in [0.29, 0.717) is 24.2 Å². The molecule has 0 unspecified atom stereocenters. The molecule has 4 fully saturated rings. The smallest absolute Gasteiger partial charge is 0.0690 e. The van der Waals surface area contributed by atoms with Gasteiger partial charge in [0.2, 0.25) is 0 Å². The van der Waals surface area contributed by atoms with Crippen molar-refractivity contribution in [2.75, 3.05) is 0 Å². The number of alkyl halides is 2. The van der Waals surface area contributed by atoms with Crippen LogP contribution in [0, 0.1) is 28.6 Å². The lowest BCUT2D eigenvalue weighted by atomic mass is 9.44. The van der Waals surface area contributed by atoms with E-state index in [-0.39, 0.29) is 28.4 Å². The van der Waals surface area contributed by atoms with Crippen molar-refractivity contribution in [1.82, 2.24) is 0 Å². The van der Waals surface area contributed by atoms with E-state index in [9.17, 15) is 10.2 Å². The van der Waals surface area contributed by atoms with Crippen LogP contribution < -0.4 is 0 Å². The van der Waals surface area contributed by atoms with Crippen molar-refractivity contribution in [3.63, 3.8) is 0 Å². The number of aliphatic hydroxyl groups is 2. The summed E-state index contributed by atoms with van der Waals surface area (Å²) in [5.74, 6) is 1.76. The molecule has 9 atom stereocenters. The molecule has 0 radical (unpaired) electrons. The van der Waals surface area contributed by atoms with Gasteiger partial charge >= 0.3 is 0 Å². The summed E-state index contributed by atoms with van der Waals surface area (Å²) in [7, 11) is 0. The van der Waals surface area contributed by atoms with Crippen LogP contribution in [0.1, 0.15) is 65.2 Å². The Morgan fingerprint density at radius 2 is 1.70 bits per heavy atom. The van der Waals surface area contributed by atoms with Crippen LogP contribution in [0.25, 0.3) is 0 Å². The van der Waals surface area contributed by atoms with Gasteiger partial charge in [0.05, 0.1) is 22.5 Å². The van der Waals surface area contributed by atoms with Crippen LogP contribution in [0.5, 0.6) is 0 Å². The van der Waals surface area contributed by atoms with Crippen LogP contribution >= 0.6 is 23.2 Å². The average molecular weight is 361 g/mol. The number of aliphatic hydroxyl groups excluding tert-OH is 2. The van der Waals surface area contributed by atoms with E-state index in [4.69, 9.17) is 23.2 Å². The number of hydrogen-bond donors (Lipinski definition) is 2. The van der Waals surface area contributed by atoms with Crippen molar-refractivity contribution in [3.8, 4) is 0 Å². The summed E-state index contributed by atoms with van der Waals surface area (Å²) in [4.78, 5) is -0.474. The molecule has 0 aromatic rings. The summed E-state index contributed by atoms with van der Waals surface area (Å²) < 4.78 is 0. The highest BCUT2D eigenvalue weighted by Gasteiger charge is 2.67. The van der Waals surface area contributed by atoms with E-state index in [0.717, 1.165) is 44.9 Å². The average Bonchev–Trinajstić information content (AvgIpc) is 2.79. The van der Waals surface area contributed by atoms with E-state index in [1.807, 2.05) is 0 Å². The molecule has 2 nitrogen and oxygen atoms in total. The standard InChI is InChI=1S/C19H30Cl2O2/c1-17-7-6-14-12(13(17)3-4-16(17)23)9-15(20)19(21)10-11(22)5-8-18(14,19)2/h11-16,22-23H,3-10H2,1-2H3/t11-,12+,13-,14-,15+,16-,17-,18+,19-/m0/s1. The van der Waals surface area contributed by atoms with E-state index >= 15 is 0 Å². The third-order valence-corrected chi connectivity index (χ3v) is 10.2. The third-order valence-electron chi connectivity index (χ3n) is 8.66. The second kappa shape index (κ2) is 5.25. The highest BCUT2D eigenvalue weighted by Crippen LogP contribution is 2.69. The largest absolute Gasteiger partial charge is 0.393 e. The van der Waals surface area contributed by atoms with Gasteiger partial charge in [0, 0.05) is 0 Å². The molecule has 4 aliphatic rings. The fourth-order valence-corrected chi connectivity index (χ4v) is 8.18. The van der Waals surface area contributed by atoms with E-state index in [1.54, 1.807) is 0 Å². The molecular weight excluding hydrogens is 331 g/mol. The fourth-order valence-electron chi connectivity index (χ4n) is 7.14. The van der Waals surface area contributed by atoms with Gasteiger partial charge in [-0.3, -0.25) is 0 Å². The summed E-state index contributed by atoms with van der Waals surface area (Å²) in [6, 6.07) is 0. The first-order chi connectivity index (χ1) is 10.7. The second-order valence-electron chi connectivity index (χ2n) is 9.39. The lowest BCUT2D eigenvalue weighted by Crippen LogP contribution is -2.65. The van der Waals surface area contributed by atoms with Gasteiger partial charge in [0.1, 0.15) is 0 Å². The van der Waals surface area contributed by atoms with Crippen LogP contribution in [0.4, 0.5) is 0 Å². The Morgan fingerprint density at radius 1 is 0.957 bits per heavy atom. The Labute approximate surface area is 149 Å². The fraction of sp³-hybridized carbons (Fsp3) is 1.00. The van der Waals surface area contributed by atoms with Crippen molar-refractivity contribution >= 4 is 23.2 Å². The molecular formula is C19H30Cl2O2. The molecule has 4 rings (SSSR count). The van der Waals surface area contributed by atoms with Gasteiger partial charge in [0.25, 0.3) is 0 Å². The molecule has 0 amide bonds. The van der Waals surface area contributed by atoms with Gasteiger partial charge in [-0.05, 0) is 80.0 Å². The molecule has 4 saturated carbocycles. The Morgan fingerprint density at radius 3 is 2.43 bits per heavy atom. The SMILES string of the molecule is C[C@]12CC[C@H]3[C@H](C[C@@H](Cl)[C@@]4(Cl)C[C@@H](O)CC[C@]34C)[C@@H]1CC[C@@H]2O. The summed E-state index contributed by atoms with van der Waals surface area (Å²) in [6.07, 6.45) is 7.30. The zero-order chi connectivity index (χ0) is 16.6. The normalized spacial score (nSPS) is 62.3. The third kappa shape index (κ3) is 2.08. The highest BCUT2D eigenvalue weighted by molar-refractivity contribution is 6.33. The number of rotatable bonds is 0. The molecule has 4 heteroatoms. The quantitative estimate of drug-likeness (QED) is 0.631. The van der Waals surface area contributed by atoms with Crippen molar-refractivity contribution in [1.29, 1.82) is 0 Å². The second-order valence-corrected chi connectivity index (χ2v) is 10.6. The summed E-state index contributed by atoms with van der Waals surface area (Å²) in [6.45, 7) is 4.64. The van der Waals surface area contributed by atoms with Crippen LogP contribution in [0.15, 0.2) is 0 Å². The number of halogens is 2. The Balaban J connectivity index is 1.71. The lowest BCUT2D eigenvalue weighted by Gasteiger charge is -2.65. The van der Waals surface area contributed by atoms with Gasteiger partial charge in [-0.25, -0.2) is 0 Å². The minimum Gasteiger partial charge on any atom is -0.393 e. The monoisotopic (exact) mass is 360 g/mol. The van der Waals surface area contributed by atoms with Crippen LogP contribution in [-0.4, -0.2) is 32.7 Å². The van der Waals surface area contributed by atoms with Crippen LogP contribution in [0.3, 0.4) is 0 Å². The molecule has 0 aliphatic heterocycles. The number of fused-ring (bicyclic) bond motifs is 5. The molecule has 0 saturated heterocycles. The lowest BCUT2D eigenvalue weighted by molar-refractivity contribution is -0.122. The molecule has 0 aromatic carbocycles. The topological polar surface area (TPSA) is 40.5 Å². The van der Waals surface area contributed by atoms with Gasteiger partial charge in [-0.2, -0.15) is 0 Å². The maximum absolute atomic E-state index is 10.5. The van der Waals surface area contributed by atoms with Crippen LogP contribution in [0.2, 0.25) is 0 Å². The van der Waals surface area contributed by atoms with Crippen molar-refractivity contribution in [3.05, 3.63) is 0 Å². The summed E-state index contributed by atoms with van der Waals surface area (Å²) in [5.41, 5.74) is 0.0899. The minimum absolute atomic E-state index is 0.0119. The van der Waals surface area contributed by atoms with Crippen molar-refractivity contribution in [2.45, 2.75) is 87.7 Å². The molecule has 0 aromatic heterocycles. The first kappa shape index (κ1) is 16.9. The molecule has 4 aliphatic carbocycles. The Hall–Kier alpha value is 0.500. The zero-order valence-corrected chi connectivity index (χ0v) is 15.8. The van der Waals surface area contributed by atoms with Crippen molar-refractivity contribution in [2.24, 2.45) is 28.6 Å². The molecule has 0 spiro atoms. The summed E-state index contributed by atoms with van der Waals surface area (Å²) in [5, 5.41) is 20.6. The Bertz CT molecular complexity index is 500. The van der Waals surface area contributed by atoms with Gasteiger partial charge in [-0.1, -0.05) is 13.8 Å². The summed E-state index contributed by atoms with van der Waals surface area (Å²) >= 11 is 14.0. The van der Waals surface area contributed by atoms with Gasteiger partial charge in [0.15, 0.2) is 0 Å². The molecule has 2 N–H and O–H groups in total. The van der Waals surface area contributed by atoms with Crippen molar-refractivity contribution < 1.29 is 10.2 Å². The Kier molecular flexibility index (Phi) is 3.87. The minimum atomic E-state index is -0.474. The van der Waals surface area contributed by atoms with E-state index in [1.165, 1.54) is 0 Å². The predicted octanol–water partition coefficient (Wildman–Crippen LogP) is 4.33.